The largest absolute Gasteiger partial charge is 0.433 e. The number of halogens is 3. The summed E-state index contributed by atoms with van der Waals surface area (Å²) in [4.78, 5) is 16.8. The highest BCUT2D eigenvalue weighted by molar-refractivity contribution is 5.93. The van der Waals surface area contributed by atoms with Gasteiger partial charge in [-0.2, -0.15) is 13.2 Å². The van der Waals surface area contributed by atoms with E-state index in [0.29, 0.717) is 6.54 Å². The average Bonchev–Trinajstić information content (AvgIpc) is 2.46. The summed E-state index contributed by atoms with van der Waals surface area (Å²) in [6, 6.07) is 11.3. The van der Waals surface area contributed by atoms with Crippen LogP contribution in [0.25, 0.3) is 0 Å². The summed E-state index contributed by atoms with van der Waals surface area (Å²) in [6.45, 7) is 0.376. The Bertz CT molecular complexity index is 609. The number of pyridine rings is 1. The zero-order valence-electron chi connectivity index (χ0n) is 11.3. The van der Waals surface area contributed by atoms with E-state index in [4.69, 9.17) is 0 Å². The molecule has 0 fully saturated rings. The molecule has 0 aliphatic rings. The van der Waals surface area contributed by atoms with Crippen molar-refractivity contribution in [2.45, 2.75) is 12.7 Å². The summed E-state index contributed by atoms with van der Waals surface area (Å²) < 4.78 is 37.2. The Morgan fingerprint density at radius 1 is 1.14 bits per heavy atom. The van der Waals surface area contributed by atoms with Crippen LogP contribution in [0.5, 0.6) is 0 Å². The molecule has 21 heavy (non-hydrogen) atoms. The molecular weight excluding hydrogens is 281 g/mol. The van der Waals surface area contributed by atoms with Gasteiger partial charge in [0, 0.05) is 19.8 Å². The van der Waals surface area contributed by atoms with Crippen molar-refractivity contribution in [3.8, 4) is 0 Å². The summed E-state index contributed by atoms with van der Waals surface area (Å²) in [6.07, 6.45) is -3.55. The Labute approximate surface area is 120 Å². The molecule has 0 atom stereocenters. The van der Waals surface area contributed by atoms with Crippen LogP contribution in [0, 0.1) is 0 Å². The lowest BCUT2D eigenvalue weighted by Crippen LogP contribution is -2.26. The van der Waals surface area contributed by atoms with E-state index in [0.717, 1.165) is 23.9 Å². The number of aromatic nitrogens is 1. The van der Waals surface area contributed by atoms with Gasteiger partial charge in [0.1, 0.15) is 5.69 Å². The first-order valence-electron chi connectivity index (χ1n) is 6.20. The minimum atomic E-state index is -4.50. The molecule has 0 unspecified atom stereocenters. The van der Waals surface area contributed by atoms with E-state index in [1.54, 1.807) is 7.05 Å². The standard InChI is InChI=1S/C15H13F3N2O/c1-20(10-11-5-3-2-4-6-11)14(21)12-7-8-13(19-9-12)15(16,17)18/h2-9H,10H2,1H3. The summed E-state index contributed by atoms with van der Waals surface area (Å²) in [7, 11) is 1.59. The van der Waals surface area contributed by atoms with Crippen molar-refractivity contribution >= 4 is 5.91 Å². The quantitative estimate of drug-likeness (QED) is 0.869. The molecule has 3 nitrogen and oxygen atoms in total. The third kappa shape index (κ3) is 3.81. The normalized spacial score (nSPS) is 11.2. The smallest absolute Gasteiger partial charge is 0.337 e. The third-order valence-electron chi connectivity index (χ3n) is 2.91. The minimum absolute atomic E-state index is 0.126. The zero-order valence-corrected chi connectivity index (χ0v) is 11.3. The predicted molar refractivity (Wildman–Crippen MR) is 71.5 cm³/mol. The number of carbonyl (C=O) groups is 1. The lowest BCUT2D eigenvalue weighted by molar-refractivity contribution is -0.141. The molecule has 0 aliphatic heterocycles. The fourth-order valence-electron chi connectivity index (χ4n) is 1.84. The van der Waals surface area contributed by atoms with Crippen LogP contribution in [0.1, 0.15) is 21.6 Å². The molecule has 0 N–H and O–H groups in total. The number of hydrogen-bond acceptors (Lipinski definition) is 2. The van der Waals surface area contributed by atoms with Crippen LogP contribution in [0.2, 0.25) is 0 Å². The maximum Gasteiger partial charge on any atom is 0.433 e. The Morgan fingerprint density at radius 2 is 1.81 bits per heavy atom. The van der Waals surface area contributed by atoms with Crippen LogP contribution in [0.3, 0.4) is 0 Å². The van der Waals surface area contributed by atoms with Crippen LogP contribution in [0.4, 0.5) is 13.2 Å². The Morgan fingerprint density at radius 3 is 2.33 bits per heavy atom. The molecule has 1 amide bonds. The van der Waals surface area contributed by atoms with Gasteiger partial charge in [0.05, 0.1) is 5.56 Å². The first kappa shape index (κ1) is 15.0. The second-order valence-electron chi connectivity index (χ2n) is 4.58. The molecule has 0 aliphatic carbocycles. The molecule has 0 bridgehead atoms. The van der Waals surface area contributed by atoms with Crippen molar-refractivity contribution in [1.82, 2.24) is 9.88 Å². The first-order chi connectivity index (χ1) is 9.88. The highest BCUT2D eigenvalue weighted by Crippen LogP contribution is 2.27. The van der Waals surface area contributed by atoms with Crippen molar-refractivity contribution in [2.75, 3.05) is 7.05 Å². The van der Waals surface area contributed by atoms with Crippen molar-refractivity contribution in [1.29, 1.82) is 0 Å². The summed E-state index contributed by atoms with van der Waals surface area (Å²) >= 11 is 0. The van der Waals surface area contributed by atoms with Crippen LogP contribution in [-0.4, -0.2) is 22.8 Å². The highest BCUT2D eigenvalue weighted by atomic mass is 19.4. The molecule has 2 aromatic rings. The van der Waals surface area contributed by atoms with Crippen molar-refractivity contribution < 1.29 is 18.0 Å². The van der Waals surface area contributed by atoms with E-state index in [1.807, 2.05) is 30.3 Å². The van der Waals surface area contributed by atoms with Gasteiger partial charge in [-0.25, -0.2) is 0 Å². The topological polar surface area (TPSA) is 33.2 Å². The van der Waals surface area contributed by atoms with E-state index in [9.17, 15) is 18.0 Å². The zero-order chi connectivity index (χ0) is 15.5. The number of rotatable bonds is 3. The van der Waals surface area contributed by atoms with Gasteiger partial charge < -0.3 is 4.90 Å². The second-order valence-corrected chi connectivity index (χ2v) is 4.58. The molecular formula is C15H13F3N2O. The second kappa shape index (κ2) is 5.95. The number of benzene rings is 1. The third-order valence-corrected chi connectivity index (χ3v) is 2.91. The molecule has 0 saturated heterocycles. The van der Waals surface area contributed by atoms with E-state index < -0.39 is 11.9 Å². The van der Waals surface area contributed by atoms with Gasteiger partial charge in [-0.05, 0) is 17.7 Å². The first-order valence-corrected chi connectivity index (χ1v) is 6.20. The van der Waals surface area contributed by atoms with E-state index in [2.05, 4.69) is 4.98 Å². The molecule has 2 rings (SSSR count). The Hall–Kier alpha value is -2.37. The van der Waals surface area contributed by atoms with Gasteiger partial charge >= 0.3 is 6.18 Å². The van der Waals surface area contributed by atoms with Crippen molar-refractivity contribution in [3.05, 3.63) is 65.5 Å². The van der Waals surface area contributed by atoms with Gasteiger partial charge in [-0.1, -0.05) is 30.3 Å². The lowest BCUT2D eigenvalue weighted by Gasteiger charge is -2.17. The predicted octanol–water partition coefficient (Wildman–Crippen LogP) is 3.37. The van der Waals surface area contributed by atoms with Gasteiger partial charge in [0.25, 0.3) is 5.91 Å². The number of nitrogens with zero attached hydrogens (tertiary/aromatic N) is 2. The molecule has 0 saturated carbocycles. The number of hydrogen-bond donors (Lipinski definition) is 0. The molecule has 1 aromatic carbocycles. The Balaban J connectivity index is 2.09. The number of alkyl halides is 3. The molecule has 1 aromatic heterocycles. The van der Waals surface area contributed by atoms with Crippen LogP contribution in [-0.2, 0) is 12.7 Å². The number of amides is 1. The molecule has 6 heteroatoms. The SMILES string of the molecule is CN(Cc1ccccc1)C(=O)c1ccc(C(F)(F)F)nc1. The summed E-state index contributed by atoms with van der Waals surface area (Å²) in [5.74, 6) is -0.375. The van der Waals surface area contributed by atoms with E-state index in [-0.39, 0.29) is 11.5 Å². The van der Waals surface area contributed by atoms with Gasteiger partial charge in [-0.3, -0.25) is 9.78 Å². The fourth-order valence-corrected chi connectivity index (χ4v) is 1.84. The monoisotopic (exact) mass is 294 g/mol. The summed E-state index contributed by atoms with van der Waals surface area (Å²) in [5.41, 5.74) is 0.0550. The Kier molecular flexibility index (Phi) is 4.26. The molecule has 0 spiro atoms. The maximum absolute atomic E-state index is 12.4. The average molecular weight is 294 g/mol. The minimum Gasteiger partial charge on any atom is -0.337 e. The lowest BCUT2D eigenvalue weighted by atomic mass is 10.2. The molecule has 0 radical (unpaired) electrons. The van der Waals surface area contributed by atoms with Crippen LogP contribution < -0.4 is 0 Å². The van der Waals surface area contributed by atoms with E-state index >= 15 is 0 Å². The summed E-state index contributed by atoms with van der Waals surface area (Å²) in [5, 5.41) is 0. The van der Waals surface area contributed by atoms with Crippen molar-refractivity contribution in [3.63, 3.8) is 0 Å². The number of carbonyl (C=O) groups excluding carboxylic acids is 1. The molecule has 1 heterocycles. The van der Waals surface area contributed by atoms with Gasteiger partial charge in [0.2, 0.25) is 0 Å². The molecule has 110 valence electrons. The highest BCUT2D eigenvalue weighted by Gasteiger charge is 2.32. The van der Waals surface area contributed by atoms with Crippen LogP contribution in [0.15, 0.2) is 48.7 Å². The van der Waals surface area contributed by atoms with Gasteiger partial charge in [0.15, 0.2) is 0 Å². The fraction of sp³-hybridized carbons (Fsp3) is 0.200. The van der Waals surface area contributed by atoms with Crippen molar-refractivity contribution in [2.24, 2.45) is 0 Å². The van der Waals surface area contributed by atoms with Crippen LogP contribution >= 0.6 is 0 Å². The van der Waals surface area contributed by atoms with E-state index in [1.165, 1.54) is 4.90 Å². The maximum atomic E-state index is 12.4. The van der Waals surface area contributed by atoms with Gasteiger partial charge in [-0.15, -0.1) is 0 Å².